The molecule has 0 saturated heterocycles. The van der Waals surface area contributed by atoms with Crippen molar-refractivity contribution in [3.63, 3.8) is 0 Å². The van der Waals surface area contributed by atoms with Gasteiger partial charge < -0.3 is 19.5 Å². The minimum absolute atomic E-state index is 0.182. The Labute approximate surface area is 231 Å². The molecular formula is C29H33BrN2O6. The van der Waals surface area contributed by atoms with E-state index in [-0.39, 0.29) is 13.0 Å². The van der Waals surface area contributed by atoms with Crippen LogP contribution >= 0.6 is 15.9 Å². The molecule has 9 heteroatoms. The van der Waals surface area contributed by atoms with Crippen LogP contribution in [0.5, 0.6) is 5.75 Å². The van der Waals surface area contributed by atoms with Crippen LogP contribution < -0.4 is 15.0 Å². The number of halogens is 1. The van der Waals surface area contributed by atoms with Gasteiger partial charge in [0.25, 0.3) is 0 Å². The predicted molar refractivity (Wildman–Crippen MR) is 151 cm³/mol. The Bertz CT molecular complexity index is 1330. The molecule has 8 nitrogen and oxygen atoms in total. The summed E-state index contributed by atoms with van der Waals surface area (Å²) < 4.78 is 16.6. The van der Waals surface area contributed by atoms with Crippen LogP contribution in [-0.2, 0) is 25.5 Å². The average Bonchev–Trinajstić information content (AvgIpc) is 2.87. The number of esters is 1. The molecule has 1 N–H and O–H groups in total. The van der Waals surface area contributed by atoms with E-state index in [9.17, 15) is 14.4 Å². The zero-order valence-electron chi connectivity index (χ0n) is 22.5. The van der Waals surface area contributed by atoms with Gasteiger partial charge in [-0.05, 0) is 77.7 Å². The fourth-order valence-corrected chi connectivity index (χ4v) is 4.65. The Morgan fingerprint density at radius 1 is 1.03 bits per heavy atom. The van der Waals surface area contributed by atoms with Gasteiger partial charge in [-0.3, -0.25) is 9.69 Å². The Balaban J connectivity index is 1.89. The van der Waals surface area contributed by atoms with E-state index in [0.29, 0.717) is 15.9 Å². The van der Waals surface area contributed by atoms with E-state index in [0.717, 1.165) is 21.9 Å². The number of nitrogens with one attached hydrogen (secondary N) is 1. The topological polar surface area (TPSA) is 94.2 Å². The molecule has 3 aromatic carbocycles. The molecule has 0 radical (unpaired) electrons. The molecule has 0 heterocycles. The lowest BCUT2D eigenvalue weighted by Gasteiger charge is -2.28. The molecule has 0 aromatic heterocycles. The fraction of sp³-hybridized carbons (Fsp3) is 0.345. The van der Waals surface area contributed by atoms with E-state index >= 15 is 0 Å². The van der Waals surface area contributed by atoms with Crippen molar-refractivity contribution in [3.8, 4) is 5.75 Å². The molecule has 0 aliphatic rings. The zero-order valence-corrected chi connectivity index (χ0v) is 24.0. The molecule has 0 spiro atoms. The zero-order chi connectivity index (χ0) is 28.0. The summed E-state index contributed by atoms with van der Waals surface area (Å²) in [5.74, 6) is -0.478. The summed E-state index contributed by atoms with van der Waals surface area (Å²) in [5, 5.41) is 4.57. The second-order valence-electron chi connectivity index (χ2n) is 9.84. The molecule has 2 amide bonds. The monoisotopic (exact) mass is 584 g/mol. The van der Waals surface area contributed by atoms with Gasteiger partial charge in [0.15, 0.2) is 0 Å². The molecule has 0 aliphatic heterocycles. The van der Waals surface area contributed by atoms with Gasteiger partial charge in [0, 0.05) is 10.9 Å². The number of amides is 2. The number of carbonyl (C=O) groups is 3. The molecule has 38 heavy (non-hydrogen) atoms. The number of carbonyl (C=O) groups excluding carboxylic acids is 3. The smallest absolute Gasteiger partial charge is 0.415 e. The minimum Gasteiger partial charge on any atom is -0.496 e. The van der Waals surface area contributed by atoms with Crippen molar-refractivity contribution < 1.29 is 28.6 Å². The summed E-state index contributed by atoms with van der Waals surface area (Å²) in [6.07, 6.45) is -0.511. The van der Waals surface area contributed by atoms with E-state index in [4.69, 9.17) is 14.2 Å². The van der Waals surface area contributed by atoms with Crippen LogP contribution in [0.3, 0.4) is 0 Å². The van der Waals surface area contributed by atoms with Gasteiger partial charge in [0.1, 0.15) is 23.9 Å². The summed E-state index contributed by atoms with van der Waals surface area (Å²) in [7, 11) is 2.83. The summed E-state index contributed by atoms with van der Waals surface area (Å²) in [4.78, 5) is 40.3. The molecule has 0 unspecified atom stereocenters. The standard InChI is InChI=1S/C29H33BrN2O6/c1-18-11-12-19(16-24(18)36-5)15-22(27(34)37-6)31-25(33)17-32(28(35)38-29(2,3)4)23-14-13-20-9-7-8-10-21(20)26(23)30/h7-14,16,22H,15,17H2,1-6H3,(H,31,33)/t22-/m0/s1. The SMILES string of the molecule is COC(=O)[C@H](Cc1ccc(C)c(OC)c1)NC(=O)CN(C(=O)OC(C)(C)C)c1ccc2ccccc2c1Br. The van der Waals surface area contributed by atoms with Gasteiger partial charge in [-0.15, -0.1) is 0 Å². The van der Waals surface area contributed by atoms with E-state index in [2.05, 4.69) is 21.2 Å². The van der Waals surface area contributed by atoms with Crippen molar-refractivity contribution in [1.29, 1.82) is 0 Å². The summed E-state index contributed by atoms with van der Waals surface area (Å²) in [5.41, 5.74) is 1.41. The molecule has 0 aliphatic carbocycles. The van der Waals surface area contributed by atoms with E-state index in [1.165, 1.54) is 12.0 Å². The first kappa shape index (κ1) is 29.0. The van der Waals surface area contributed by atoms with Crippen LogP contribution in [0.25, 0.3) is 10.8 Å². The van der Waals surface area contributed by atoms with Crippen molar-refractivity contribution >= 4 is 50.4 Å². The van der Waals surface area contributed by atoms with Gasteiger partial charge in [0.05, 0.1) is 19.9 Å². The Hall–Kier alpha value is -3.59. The van der Waals surface area contributed by atoms with E-state index in [1.54, 1.807) is 33.9 Å². The number of fused-ring (bicyclic) bond motifs is 1. The molecular weight excluding hydrogens is 552 g/mol. The number of aryl methyl sites for hydroxylation is 1. The van der Waals surface area contributed by atoms with Crippen LogP contribution in [0.2, 0.25) is 0 Å². The number of rotatable bonds is 8. The third kappa shape index (κ3) is 7.25. The quantitative estimate of drug-likeness (QED) is 0.348. The van der Waals surface area contributed by atoms with Crippen molar-refractivity contribution in [1.82, 2.24) is 5.32 Å². The Morgan fingerprint density at radius 2 is 1.74 bits per heavy atom. The van der Waals surface area contributed by atoms with Gasteiger partial charge >= 0.3 is 12.1 Å². The minimum atomic E-state index is -0.972. The lowest BCUT2D eigenvalue weighted by Crippen LogP contribution is -2.49. The largest absolute Gasteiger partial charge is 0.496 e. The highest BCUT2D eigenvalue weighted by Crippen LogP contribution is 2.34. The van der Waals surface area contributed by atoms with Crippen LogP contribution in [0.15, 0.2) is 59.1 Å². The van der Waals surface area contributed by atoms with Gasteiger partial charge in [-0.2, -0.15) is 0 Å². The highest BCUT2D eigenvalue weighted by atomic mass is 79.9. The number of anilines is 1. The third-order valence-electron chi connectivity index (χ3n) is 5.78. The maximum absolute atomic E-state index is 13.3. The van der Waals surface area contributed by atoms with Crippen LogP contribution in [0.1, 0.15) is 31.9 Å². The van der Waals surface area contributed by atoms with Crippen molar-refractivity contribution in [2.45, 2.75) is 45.8 Å². The first-order chi connectivity index (χ1) is 17.9. The molecule has 0 bridgehead atoms. The predicted octanol–water partition coefficient (Wildman–Crippen LogP) is 5.56. The van der Waals surface area contributed by atoms with Crippen LogP contribution in [-0.4, -0.2) is 50.4 Å². The normalized spacial score (nSPS) is 12.0. The van der Waals surface area contributed by atoms with Gasteiger partial charge in [-0.1, -0.05) is 42.5 Å². The summed E-state index contributed by atoms with van der Waals surface area (Å²) in [6.45, 7) is 6.79. The first-order valence-electron chi connectivity index (χ1n) is 12.1. The molecule has 202 valence electrons. The average molecular weight is 585 g/mol. The summed E-state index contributed by atoms with van der Waals surface area (Å²) in [6, 6.07) is 15.9. The lowest BCUT2D eigenvalue weighted by atomic mass is 10.0. The lowest BCUT2D eigenvalue weighted by molar-refractivity contribution is -0.144. The number of hydrogen-bond donors (Lipinski definition) is 1. The summed E-state index contributed by atoms with van der Waals surface area (Å²) >= 11 is 3.60. The third-order valence-corrected chi connectivity index (χ3v) is 6.62. The molecule has 0 fully saturated rings. The maximum atomic E-state index is 13.3. The Kier molecular flexibility index (Phi) is 9.38. The number of nitrogens with zero attached hydrogens (tertiary/aromatic N) is 1. The van der Waals surface area contributed by atoms with E-state index in [1.807, 2.05) is 55.5 Å². The van der Waals surface area contributed by atoms with Crippen LogP contribution in [0.4, 0.5) is 10.5 Å². The maximum Gasteiger partial charge on any atom is 0.415 e. The number of ether oxygens (including phenoxy) is 3. The van der Waals surface area contributed by atoms with Crippen LogP contribution in [0, 0.1) is 6.92 Å². The number of methoxy groups -OCH3 is 2. The van der Waals surface area contributed by atoms with Gasteiger partial charge in [0.2, 0.25) is 5.91 Å². The first-order valence-corrected chi connectivity index (χ1v) is 12.9. The molecule has 0 saturated carbocycles. The second kappa shape index (κ2) is 12.3. The Morgan fingerprint density at radius 3 is 2.39 bits per heavy atom. The van der Waals surface area contributed by atoms with Crippen molar-refractivity contribution in [2.24, 2.45) is 0 Å². The second-order valence-corrected chi connectivity index (χ2v) is 10.6. The number of hydrogen-bond acceptors (Lipinski definition) is 6. The number of benzene rings is 3. The molecule has 3 aromatic rings. The molecule has 3 rings (SSSR count). The van der Waals surface area contributed by atoms with Gasteiger partial charge in [-0.25, -0.2) is 9.59 Å². The highest BCUT2D eigenvalue weighted by Gasteiger charge is 2.29. The fourth-order valence-electron chi connectivity index (χ4n) is 3.94. The molecule has 1 atom stereocenters. The van der Waals surface area contributed by atoms with Crippen molar-refractivity contribution in [3.05, 3.63) is 70.2 Å². The van der Waals surface area contributed by atoms with E-state index < -0.39 is 29.6 Å². The van der Waals surface area contributed by atoms with Crippen molar-refractivity contribution in [2.75, 3.05) is 25.7 Å². The highest BCUT2D eigenvalue weighted by molar-refractivity contribution is 9.10.